The van der Waals surface area contributed by atoms with Crippen molar-refractivity contribution >= 4 is 57.3 Å². The van der Waals surface area contributed by atoms with Gasteiger partial charge in [0.15, 0.2) is 0 Å². The van der Waals surface area contributed by atoms with E-state index in [2.05, 4.69) is 9.97 Å². The number of thioether (sulfide) groups is 1. The largest absolute Gasteiger partial charge is 0.496 e. The van der Waals surface area contributed by atoms with Gasteiger partial charge in [0.2, 0.25) is 0 Å². The third kappa shape index (κ3) is 4.75. The van der Waals surface area contributed by atoms with Crippen LogP contribution < -0.4 is 4.74 Å². The van der Waals surface area contributed by atoms with Gasteiger partial charge in [0.25, 0.3) is 5.91 Å². The number of carboxylic acid groups (broad SMARTS) is 1. The first-order valence-electron chi connectivity index (χ1n) is 11.1. The molecule has 1 aliphatic heterocycles. The predicted molar refractivity (Wildman–Crippen MR) is 145 cm³/mol. The van der Waals surface area contributed by atoms with Gasteiger partial charge in [0, 0.05) is 12.1 Å². The van der Waals surface area contributed by atoms with Gasteiger partial charge in [-0.2, -0.15) is 0 Å². The van der Waals surface area contributed by atoms with Crippen LogP contribution in [0.5, 0.6) is 5.75 Å². The van der Waals surface area contributed by atoms with E-state index in [-0.39, 0.29) is 11.5 Å². The van der Waals surface area contributed by atoms with Gasteiger partial charge in [-0.25, -0.2) is 9.78 Å². The molecular formula is C27H21N3O4S2. The summed E-state index contributed by atoms with van der Waals surface area (Å²) in [7, 11) is 1.63. The number of aromatic carboxylic acids is 1. The van der Waals surface area contributed by atoms with E-state index < -0.39 is 5.97 Å². The van der Waals surface area contributed by atoms with Crippen molar-refractivity contribution in [1.29, 1.82) is 0 Å². The van der Waals surface area contributed by atoms with Gasteiger partial charge in [-0.3, -0.25) is 9.69 Å². The Morgan fingerprint density at radius 2 is 1.97 bits per heavy atom. The number of hydrogen-bond acceptors (Lipinski definition) is 6. The average molecular weight is 516 g/mol. The van der Waals surface area contributed by atoms with E-state index in [0.29, 0.717) is 22.2 Å². The molecule has 1 fully saturated rings. The number of amides is 1. The lowest BCUT2D eigenvalue weighted by Gasteiger charge is -2.14. The molecule has 9 heteroatoms. The summed E-state index contributed by atoms with van der Waals surface area (Å²) in [6.45, 7) is 0.423. The smallest absolute Gasteiger partial charge is 0.335 e. The summed E-state index contributed by atoms with van der Waals surface area (Å²) in [5, 5.41) is 9.05. The van der Waals surface area contributed by atoms with Gasteiger partial charge < -0.3 is 14.8 Å². The summed E-state index contributed by atoms with van der Waals surface area (Å²) >= 11 is 6.76. The molecule has 7 nitrogen and oxygen atoms in total. The van der Waals surface area contributed by atoms with E-state index in [9.17, 15) is 9.59 Å². The number of imidazole rings is 1. The summed E-state index contributed by atoms with van der Waals surface area (Å²) in [4.78, 5) is 33.7. The van der Waals surface area contributed by atoms with Crippen LogP contribution in [0.1, 0.15) is 21.5 Å². The maximum atomic E-state index is 13.1. The van der Waals surface area contributed by atoms with E-state index in [0.717, 1.165) is 39.0 Å². The van der Waals surface area contributed by atoms with Crippen molar-refractivity contribution < 1.29 is 19.4 Å². The molecule has 3 aromatic carbocycles. The van der Waals surface area contributed by atoms with Crippen molar-refractivity contribution in [3.63, 3.8) is 0 Å². The Bertz CT molecular complexity index is 1530. The van der Waals surface area contributed by atoms with Crippen LogP contribution in [0, 0.1) is 0 Å². The molecule has 1 aromatic heterocycles. The molecule has 180 valence electrons. The van der Waals surface area contributed by atoms with Crippen molar-refractivity contribution in [3.8, 4) is 16.9 Å². The number of hydrogen-bond donors (Lipinski definition) is 2. The lowest BCUT2D eigenvalue weighted by atomic mass is 10.0. The van der Waals surface area contributed by atoms with Gasteiger partial charge in [0.1, 0.15) is 10.1 Å². The fourth-order valence-corrected chi connectivity index (χ4v) is 5.35. The Hall–Kier alpha value is -3.95. The lowest BCUT2D eigenvalue weighted by Crippen LogP contribution is -2.30. The van der Waals surface area contributed by atoms with Crippen molar-refractivity contribution in [2.45, 2.75) is 6.42 Å². The zero-order valence-electron chi connectivity index (χ0n) is 19.2. The Kier molecular flexibility index (Phi) is 6.58. The molecule has 2 heterocycles. The van der Waals surface area contributed by atoms with E-state index in [1.54, 1.807) is 42.6 Å². The SMILES string of the molecule is COc1ccc(/C=C2\SC(=S)N(CCc3ccc(C(=O)O)cc3)C2=O)cc1-c1ccc2nc[nH]c2c1. The summed E-state index contributed by atoms with van der Waals surface area (Å²) in [5.41, 5.74) is 5.72. The highest BCUT2D eigenvalue weighted by Gasteiger charge is 2.31. The zero-order chi connectivity index (χ0) is 25.2. The van der Waals surface area contributed by atoms with Crippen LogP contribution in [0.2, 0.25) is 0 Å². The second-order valence-electron chi connectivity index (χ2n) is 8.18. The Morgan fingerprint density at radius 1 is 1.17 bits per heavy atom. The Morgan fingerprint density at radius 3 is 2.72 bits per heavy atom. The maximum absolute atomic E-state index is 13.1. The highest BCUT2D eigenvalue weighted by atomic mass is 32.2. The number of aromatic nitrogens is 2. The van der Waals surface area contributed by atoms with E-state index >= 15 is 0 Å². The Balaban J connectivity index is 1.36. The van der Waals surface area contributed by atoms with Crippen LogP contribution in [-0.2, 0) is 11.2 Å². The minimum Gasteiger partial charge on any atom is -0.496 e. The molecule has 36 heavy (non-hydrogen) atoms. The van der Waals surface area contributed by atoms with Crippen LogP contribution in [0.25, 0.3) is 28.2 Å². The summed E-state index contributed by atoms with van der Waals surface area (Å²) in [6.07, 6.45) is 4.08. The number of fused-ring (bicyclic) bond motifs is 1. The summed E-state index contributed by atoms with van der Waals surface area (Å²) in [6, 6.07) is 18.4. The van der Waals surface area contributed by atoms with E-state index in [1.807, 2.05) is 42.5 Å². The van der Waals surface area contributed by atoms with Crippen LogP contribution in [0.15, 0.2) is 71.9 Å². The summed E-state index contributed by atoms with van der Waals surface area (Å²) in [5.74, 6) is -0.372. The van der Waals surface area contributed by atoms with Gasteiger partial charge in [-0.1, -0.05) is 48.2 Å². The number of carboxylic acids is 1. The molecule has 0 atom stereocenters. The highest BCUT2D eigenvalue weighted by molar-refractivity contribution is 8.26. The zero-order valence-corrected chi connectivity index (χ0v) is 20.9. The molecule has 0 aliphatic carbocycles. The number of aromatic amines is 1. The minimum atomic E-state index is -0.966. The van der Waals surface area contributed by atoms with Crippen LogP contribution in [-0.4, -0.2) is 49.8 Å². The molecule has 0 radical (unpaired) electrons. The van der Waals surface area contributed by atoms with Gasteiger partial charge in [-0.15, -0.1) is 0 Å². The first-order valence-corrected chi connectivity index (χ1v) is 12.3. The van der Waals surface area contributed by atoms with E-state index in [1.165, 1.54) is 11.8 Å². The monoisotopic (exact) mass is 515 g/mol. The van der Waals surface area contributed by atoms with Crippen LogP contribution in [0.3, 0.4) is 0 Å². The molecule has 0 spiro atoms. The molecule has 1 aliphatic rings. The number of carbonyl (C=O) groups excluding carboxylic acids is 1. The molecule has 0 saturated carbocycles. The number of thiocarbonyl (C=S) groups is 1. The third-order valence-electron chi connectivity index (χ3n) is 5.95. The standard InChI is InChI=1S/C27H21N3O4S2/c1-34-23-9-4-17(12-20(23)19-7-8-21-22(14-19)29-15-28-21)13-24-25(31)30(27(35)36-24)11-10-16-2-5-18(6-3-16)26(32)33/h2-9,12-15H,10-11H2,1H3,(H,28,29)(H,32,33)/b24-13-. The average Bonchev–Trinajstić information content (AvgIpc) is 3.46. The third-order valence-corrected chi connectivity index (χ3v) is 7.33. The first kappa shape index (κ1) is 23.8. The predicted octanol–water partition coefficient (Wildman–Crippen LogP) is 5.38. The fraction of sp³-hybridized carbons (Fsp3) is 0.111. The fourth-order valence-electron chi connectivity index (χ4n) is 4.04. The molecular weight excluding hydrogens is 494 g/mol. The number of benzene rings is 3. The number of carbonyl (C=O) groups is 2. The molecule has 5 rings (SSSR count). The lowest BCUT2D eigenvalue weighted by molar-refractivity contribution is -0.122. The van der Waals surface area contributed by atoms with Crippen molar-refractivity contribution in [2.24, 2.45) is 0 Å². The van der Waals surface area contributed by atoms with Crippen molar-refractivity contribution in [2.75, 3.05) is 13.7 Å². The second-order valence-corrected chi connectivity index (χ2v) is 9.86. The maximum Gasteiger partial charge on any atom is 0.335 e. The molecule has 2 N–H and O–H groups in total. The minimum absolute atomic E-state index is 0.136. The number of H-pyrrole nitrogens is 1. The normalized spacial score (nSPS) is 14.7. The number of methoxy groups -OCH3 is 1. The highest BCUT2D eigenvalue weighted by Crippen LogP contribution is 2.36. The quantitative estimate of drug-likeness (QED) is 0.252. The number of ether oxygens (including phenoxy) is 1. The Labute approximate surface area is 216 Å². The number of rotatable bonds is 7. The number of nitrogens with one attached hydrogen (secondary N) is 1. The molecule has 1 saturated heterocycles. The topological polar surface area (TPSA) is 95.5 Å². The molecule has 0 unspecified atom stereocenters. The van der Waals surface area contributed by atoms with E-state index in [4.69, 9.17) is 22.1 Å². The number of nitrogens with zero attached hydrogens (tertiary/aromatic N) is 2. The van der Waals surface area contributed by atoms with Gasteiger partial charge in [-0.05, 0) is 65.6 Å². The van der Waals surface area contributed by atoms with Crippen LogP contribution in [0.4, 0.5) is 0 Å². The van der Waals surface area contributed by atoms with Crippen molar-refractivity contribution in [3.05, 3.63) is 88.6 Å². The second kappa shape index (κ2) is 9.96. The van der Waals surface area contributed by atoms with Gasteiger partial charge >= 0.3 is 5.97 Å². The van der Waals surface area contributed by atoms with Gasteiger partial charge in [0.05, 0.1) is 34.9 Å². The summed E-state index contributed by atoms with van der Waals surface area (Å²) < 4.78 is 6.09. The molecule has 0 bridgehead atoms. The first-order chi connectivity index (χ1) is 17.4. The van der Waals surface area contributed by atoms with Crippen LogP contribution >= 0.6 is 24.0 Å². The molecule has 4 aromatic rings. The van der Waals surface area contributed by atoms with Crippen molar-refractivity contribution in [1.82, 2.24) is 14.9 Å². The molecule has 1 amide bonds.